The van der Waals surface area contributed by atoms with Crippen molar-refractivity contribution in [3.8, 4) is 5.75 Å². The van der Waals surface area contributed by atoms with Gasteiger partial charge in [-0.05, 0) is 19.1 Å². The van der Waals surface area contributed by atoms with Crippen LogP contribution in [-0.4, -0.2) is 30.3 Å². The lowest BCUT2D eigenvalue weighted by atomic mass is 10.3. The smallest absolute Gasteiger partial charge is 0.223 e. The van der Waals surface area contributed by atoms with E-state index in [9.17, 15) is 9.18 Å². The SMILES string of the molecule is CC(CO)NC(=O)CCOc1ccccc1F. The highest BCUT2D eigenvalue weighted by Crippen LogP contribution is 2.15. The Morgan fingerprint density at radius 1 is 1.53 bits per heavy atom. The van der Waals surface area contributed by atoms with E-state index < -0.39 is 5.82 Å². The molecular weight excluding hydrogens is 225 g/mol. The molecule has 2 N–H and O–H groups in total. The summed E-state index contributed by atoms with van der Waals surface area (Å²) >= 11 is 0. The van der Waals surface area contributed by atoms with E-state index in [2.05, 4.69) is 5.32 Å². The van der Waals surface area contributed by atoms with E-state index in [4.69, 9.17) is 9.84 Å². The van der Waals surface area contributed by atoms with Crippen molar-refractivity contribution in [3.63, 3.8) is 0 Å². The maximum Gasteiger partial charge on any atom is 0.223 e. The number of carbonyl (C=O) groups is 1. The summed E-state index contributed by atoms with van der Waals surface area (Å²) in [5.41, 5.74) is 0. The minimum atomic E-state index is -0.448. The molecule has 0 radical (unpaired) electrons. The second kappa shape index (κ2) is 6.85. The number of para-hydroxylation sites is 1. The van der Waals surface area contributed by atoms with Gasteiger partial charge in [0, 0.05) is 6.04 Å². The van der Waals surface area contributed by atoms with Gasteiger partial charge in [-0.3, -0.25) is 4.79 Å². The summed E-state index contributed by atoms with van der Waals surface area (Å²) in [6.45, 7) is 1.68. The molecule has 1 unspecified atom stereocenters. The molecule has 17 heavy (non-hydrogen) atoms. The molecule has 0 fully saturated rings. The molecule has 0 saturated carbocycles. The molecule has 1 aromatic rings. The molecule has 0 aliphatic carbocycles. The van der Waals surface area contributed by atoms with Crippen LogP contribution in [0.2, 0.25) is 0 Å². The van der Waals surface area contributed by atoms with E-state index in [0.29, 0.717) is 0 Å². The summed E-state index contributed by atoms with van der Waals surface area (Å²) in [7, 11) is 0. The molecule has 94 valence electrons. The number of hydrogen-bond donors (Lipinski definition) is 2. The number of hydrogen-bond acceptors (Lipinski definition) is 3. The number of nitrogens with one attached hydrogen (secondary N) is 1. The van der Waals surface area contributed by atoms with Crippen molar-refractivity contribution in [2.45, 2.75) is 19.4 Å². The van der Waals surface area contributed by atoms with Gasteiger partial charge >= 0.3 is 0 Å². The standard InChI is InChI=1S/C12H16FNO3/c1-9(8-15)14-12(16)6-7-17-11-5-3-2-4-10(11)13/h2-5,9,15H,6-8H2,1H3,(H,14,16). The lowest BCUT2D eigenvalue weighted by molar-refractivity contribution is -0.122. The van der Waals surface area contributed by atoms with Crippen molar-refractivity contribution in [1.29, 1.82) is 0 Å². The third kappa shape index (κ3) is 4.82. The summed E-state index contributed by atoms with van der Waals surface area (Å²) in [4.78, 5) is 11.3. The van der Waals surface area contributed by atoms with Gasteiger partial charge < -0.3 is 15.2 Å². The Hall–Kier alpha value is -1.62. The van der Waals surface area contributed by atoms with Gasteiger partial charge in [0.05, 0.1) is 19.6 Å². The van der Waals surface area contributed by atoms with Gasteiger partial charge in [0.15, 0.2) is 11.6 Å². The minimum Gasteiger partial charge on any atom is -0.490 e. The van der Waals surface area contributed by atoms with Gasteiger partial charge in [0.1, 0.15) is 0 Å². The van der Waals surface area contributed by atoms with Crippen LogP contribution in [0.1, 0.15) is 13.3 Å². The molecule has 0 heterocycles. The van der Waals surface area contributed by atoms with Gasteiger partial charge in [-0.15, -0.1) is 0 Å². The van der Waals surface area contributed by atoms with Gasteiger partial charge in [-0.25, -0.2) is 4.39 Å². The number of aliphatic hydroxyl groups is 1. The molecule has 4 nitrogen and oxygen atoms in total. The van der Waals surface area contributed by atoms with Gasteiger partial charge in [0.25, 0.3) is 0 Å². The zero-order valence-corrected chi connectivity index (χ0v) is 9.65. The molecule has 0 aliphatic heterocycles. The van der Waals surface area contributed by atoms with E-state index in [1.54, 1.807) is 19.1 Å². The first-order valence-electron chi connectivity index (χ1n) is 5.41. The van der Waals surface area contributed by atoms with Crippen LogP contribution in [0.5, 0.6) is 5.75 Å². The van der Waals surface area contributed by atoms with Crippen LogP contribution >= 0.6 is 0 Å². The fraction of sp³-hybridized carbons (Fsp3) is 0.417. The number of aliphatic hydroxyl groups excluding tert-OH is 1. The van der Waals surface area contributed by atoms with Crippen LogP contribution in [0.3, 0.4) is 0 Å². The number of rotatable bonds is 6. The second-order valence-corrected chi connectivity index (χ2v) is 3.68. The maximum atomic E-state index is 13.1. The molecule has 1 atom stereocenters. The Labute approximate surface area is 99.4 Å². The van der Waals surface area contributed by atoms with E-state index in [-0.39, 0.29) is 37.3 Å². The van der Waals surface area contributed by atoms with E-state index in [1.807, 2.05) is 0 Å². The van der Waals surface area contributed by atoms with Crippen LogP contribution in [0.4, 0.5) is 4.39 Å². The molecule has 0 aromatic heterocycles. The van der Waals surface area contributed by atoms with Crippen LogP contribution in [0.25, 0.3) is 0 Å². The summed E-state index contributed by atoms with van der Waals surface area (Å²) in [6.07, 6.45) is 0.124. The maximum absolute atomic E-state index is 13.1. The molecule has 0 spiro atoms. The van der Waals surface area contributed by atoms with Crippen molar-refractivity contribution in [2.24, 2.45) is 0 Å². The number of amides is 1. The lowest BCUT2D eigenvalue weighted by Crippen LogP contribution is -2.35. The first-order chi connectivity index (χ1) is 8.13. The summed E-state index contributed by atoms with van der Waals surface area (Å²) in [5.74, 6) is -0.546. The van der Waals surface area contributed by atoms with Gasteiger partial charge in [-0.2, -0.15) is 0 Å². The fourth-order valence-corrected chi connectivity index (χ4v) is 1.21. The third-order valence-electron chi connectivity index (χ3n) is 2.10. The zero-order valence-electron chi connectivity index (χ0n) is 9.65. The third-order valence-corrected chi connectivity index (χ3v) is 2.10. The Morgan fingerprint density at radius 3 is 2.88 bits per heavy atom. The molecule has 0 aliphatic rings. The minimum absolute atomic E-state index is 0.102. The number of benzene rings is 1. The van der Waals surface area contributed by atoms with Crippen LogP contribution in [0, 0.1) is 5.82 Å². The Bertz CT molecular complexity index is 371. The van der Waals surface area contributed by atoms with Crippen molar-refractivity contribution in [3.05, 3.63) is 30.1 Å². The number of ether oxygens (including phenoxy) is 1. The Kier molecular flexibility index (Phi) is 5.42. The van der Waals surface area contributed by atoms with Crippen molar-refractivity contribution in [2.75, 3.05) is 13.2 Å². The summed E-state index contributed by atoms with van der Waals surface area (Å²) in [5, 5.41) is 11.3. The summed E-state index contributed by atoms with van der Waals surface area (Å²) < 4.78 is 18.2. The fourth-order valence-electron chi connectivity index (χ4n) is 1.21. The molecule has 1 rings (SSSR count). The van der Waals surface area contributed by atoms with Crippen LogP contribution < -0.4 is 10.1 Å². The van der Waals surface area contributed by atoms with E-state index in [1.165, 1.54) is 12.1 Å². The lowest BCUT2D eigenvalue weighted by Gasteiger charge is -2.11. The van der Waals surface area contributed by atoms with Crippen LogP contribution in [-0.2, 0) is 4.79 Å². The van der Waals surface area contributed by atoms with Crippen molar-refractivity contribution < 1.29 is 19.0 Å². The molecule has 1 amide bonds. The second-order valence-electron chi connectivity index (χ2n) is 3.68. The molecular formula is C12H16FNO3. The molecule has 1 aromatic carbocycles. The van der Waals surface area contributed by atoms with Crippen molar-refractivity contribution in [1.82, 2.24) is 5.32 Å². The highest BCUT2D eigenvalue weighted by Gasteiger charge is 2.07. The average molecular weight is 241 g/mol. The van der Waals surface area contributed by atoms with E-state index >= 15 is 0 Å². The molecule has 0 bridgehead atoms. The number of carbonyl (C=O) groups excluding carboxylic acids is 1. The monoisotopic (exact) mass is 241 g/mol. The zero-order chi connectivity index (χ0) is 12.7. The average Bonchev–Trinajstić information content (AvgIpc) is 2.31. The van der Waals surface area contributed by atoms with Crippen LogP contribution in [0.15, 0.2) is 24.3 Å². The van der Waals surface area contributed by atoms with E-state index in [0.717, 1.165) is 0 Å². The predicted molar refractivity (Wildman–Crippen MR) is 61.2 cm³/mol. The molecule has 5 heteroatoms. The largest absolute Gasteiger partial charge is 0.490 e. The van der Waals surface area contributed by atoms with Crippen molar-refractivity contribution >= 4 is 5.91 Å². The predicted octanol–water partition coefficient (Wildman–Crippen LogP) is 1.09. The van der Waals surface area contributed by atoms with Gasteiger partial charge in [0.2, 0.25) is 5.91 Å². The highest BCUT2D eigenvalue weighted by atomic mass is 19.1. The normalized spacial score (nSPS) is 11.9. The topological polar surface area (TPSA) is 58.6 Å². The first kappa shape index (κ1) is 13.4. The van der Waals surface area contributed by atoms with Gasteiger partial charge in [-0.1, -0.05) is 12.1 Å². The quantitative estimate of drug-likeness (QED) is 0.784. The first-order valence-corrected chi connectivity index (χ1v) is 5.41. The summed E-state index contributed by atoms with van der Waals surface area (Å²) in [6, 6.07) is 5.74. The number of halogens is 1. The Morgan fingerprint density at radius 2 is 2.24 bits per heavy atom. The Balaban J connectivity index is 2.29. The molecule has 0 saturated heterocycles. The highest BCUT2D eigenvalue weighted by molar-refractivity contribution is 5.76.